The zero-order valence-electron chi connectivity index (χ0n) is 16.0. The van der Waals surface area contributed by atoms with Gasteiger partial charge in [0, 0.05) is 41.8 Å². The van der Waals surface area contributed by atoms with Crippen LogP contribution in [0.1, 0.15) is 12.0 Å². The fourth-order valence-electron chi connectivity index (χ4n) is 3.60. The number of anilines is 2. The number of nitrogens with one attached hydrogen (secondary N) is 1. The average Bonchev–Trinajstić information content (AvgIpc) is 2.84. The van der Waals surface area contributed by atoms with Gasteiger partial charge in [-0.25, -0.2) is 4.98 Å². The van der Waals surface area contributed by atoms with Crippen LogP contribution in [0.25, 0.3) is 10.9 Å². The smallest absolute Gasteiger partial charge is 0.131 e. The van der Waals surface area contributed by atoms with Crippen LogP contribution in [0.4, 0.5) is 11.5 Å². The maximum Gasteiger partial charge on any atom is 0.131 e. The molecule has 0 saturated carbocycles. The van der Waals surface area contributed by atoms with Gasteiger partial charge in [-0.1, -0.05) is 29.8 Å². The molecule has 4 rings (SSSR count). The van der Waals surface area contributed by atoms with Gasteiger partial charge in [0.25, 0.3) is 0 Å². The van der Waals surface area contributed by atoms with Crippen molar-refractivity contribution < 1.29 is 9.11 Å². The summed E-state index contributed by atoms with van der Waals surface area (Å²) in [6, 6.07) is 15.2. The van der Waals surface area contributed by atoms with Gasteiger partial charge in [0.1, 0.15) is 5.82 Å². The Balaban J connectivity index is 1.75. The molecule has 1 aliphatic heterocycles. The van der Waals surface area contributed by atoms with E-state index in [4.69, 9.17) is 22.3 Å². The van der Waals surface area contributed by atoms with Crippen molar-refractivity contribution >= 4 is 44.6 Å². The molecule has 0 aliphatic carbocycles. The van der Waals surface area contributed by atoms with Crippen molar-refractivity contribution in [3.05, 3.63) is 59.1 Å². The molecule has 154 valence electrons. The van der Waals surface area contributed by atoms with Crippen molar-refractivity contribution in [2.24, 2.45) is 5.73 Å². The Morgan fingerprint density at radius 1 is 1.17 bits per heavy atom. The molecule has 1 aromatic heterocycles. The lowest BCUT2D eigenvalue weighted by Crippen LogP contribution is -2.26. The van der Waals surface area contributed by atoms with Crippen LogP contribution in [0.3, 0.4) is 0 Å². The van der Waals surface area contributed by atoms with E-state index in [1.807, 2.05) is 48.5 Å². The lowest BCUT2D eigenvalue weighted by molar-refractivity contribution is 0.488. The van der Waals surface area contributed by atoms with Crippen molar-refractivity contribution in [3.63, 3.8) is 0 Å². The van der Waals surface area contributed by atoms with Crippen LogP contribution in [-0.4, -0.2) is 39.5 Å². The Kier molecular flexibility index (Phi) is 5.85. The molecule has 1 aliphatic rings. The lowest BCUT2D eigenvalue weighted by atomic mass is 10.1. The highest BCUT2D eigenvalue weighted by Gasteiger charge is 2.26. The molecule has 0 bridgehead atoms. The predicted molar refractivity (Wildman–Crippen MR) is 122 cm³/mol. The highest BCUT2D eigenvalue weighted by Crippen LogP contribution is 2.51. The standard InChI is InChI=1S/C21H25ClN4O2S/c22-16-6-7-17-18(24-9-3-8-23)13-21(25-19(17)12-16)26-10-11-29(27,28)20-5-2-1-4-15(20)14-26/h1-2,4-7,12-13,27-28H,3,8-11,14,23H2,(H,24,25). The van der Waals surface area contributed by atoms with Crippen LogP contribution in [0.5, 0.6) is 0 Å². The minimum atomic E-state index is -2.82. The zero-order valence-corrected chi connectivity index (χ0v) is 17.6. The van der Waals surface area contributed by atoms with Gasteiger partial charge in [0.15, 0.2) is 0 Å². The van der Waals surface area contributed by atoms with Gasteiger partial charge in [-0.15, -0.1) is 0 Å². The third-order valence-electron chi connectivity index (χ3n) is 5.11. The van der Waals surface area contributed by atoms with Gasteiger partial charge in [-0.05, 0) is 42.8 Å². The fraction of sp³-hybridized carbons (Fsp3) is 0.286. The molecule has 0 saturated heterocycles. The molecule has 2 aromatic carbocycles. The predicted octanol–water partition coefficient (Wildman–Crippen LogP) is 4.78. The van der Waals surface area contributed by atoms with Crippen molar-refractivity contribution in [3.8, 4) is 0 Å². The lowest BCUT2D eigenvalue weighted by Gasteiger charge is -2.32. The van der Waals surface area contributed by atoms with Crippen LogP contribution in [0.2, 0.25) is 5.02 Å². The van der Waals surface area contributed by atoms with Gasteiger partial charge in [0.05, 0.1) is 16.2 Å². The van der Waals surface area contributed by atoms with E-state index in [9.17, 15) is 9.11 Å². The molecule has 0 radical (unpaired) electrons. The number of rotatable bonds is 5. The van der Waals surface area contributed by atoms with Crippen molar-refractivity contribution in [1.29, 1.82) is 0 Å². The number of halogens is 1. The number of benzene rings is 2. The van der Waals surface area contributed by atoms with Crippen molar-refractivity contribution in [1.82, 2.24) is 4.98 Å². The molecule has 29 heavy (non-hydrogen) atoms. The van der Waals surface area contributed by atoms with Crippen molar-refractivity contribution in [2.75, 3.05) is 35.6 Å². The van der Waals surface area contributed by atoms with E-state index >= 15 is 0 Å². The summed E-state index contributed by atoms with van der Waals surface area (Å²) in [6.07, 6.45) is 0.866. The number of nitrogens with zero attached hydrogens (tertiary/aromatic N) is 2. The number of pyridine rings is 1. The Hall–Kier alpha value is -2.03. The average molecular weight is 433 g/mol. The first-order valence-corrected chi connectivity index (χ1v) is 11.7. The first kappa shape index (κ1) is 20.3. The Bertz CT molecular complexity index is 1030. The third kappa shape index (κ3) is 4.29. The summed E-state index contributed by atoms with van der Waals surface area (Å²) in [5.74, 6) is 1.05. The Labute approximate surface area is 177 Å². The van der Waals surface area contributed by atoms with Crippen LogP contribution in [0, 0.1) is 0 Å². The molecule has 2 heterocycles. The summed E-state index contributed by atoms with van der Waals surface area (Å²) in [5, 5.41) is 5.08. The van der Waals surface area contributed by atoms with Gasteiger partial charge in [-0.3, -0.25) is 9.11 Å². The van der Waals surface area contributed by atoms with E-state index in [2.05, 4.69) is 10.2 Å². The quantitative estimate of drug-likeness (QED) is 0.433. The molecule has 0 atom stereocenters. The summed E-state index contributed by atoms with van der Waals surface area (Å²) in [7, 11) is -2.82. The Morgan fingerprint density at radius 3 is 2.83 bits per heavy atom. The normalized spacial score (nSPS) is 16.9. The SMILES string of the molecule is NCCCNc1cc(N2CCS(O)(O)c3ccccc3C2)nc2cc(Cl)ccc12. The topological polar surface area (TPSA) is 94.6 Å². The molecule has 6 nitrogen and oxygen atoms in total. The highest BCUT2D eigenvalue weighted by molar-refractivity contribution is 8.24. The number of nitrogens with two attached hydrogens (primary N) is 1. The molecule has 0 fully saturated rings. The third-order valence-corrected chi connectivity index (χ3v) is 7.20. The molecule has 3 aromatic rings. The first-order valence-electron chi connectivity index (χ1n) is 9.61. The maximum atomic E-state index is 10.6. The molecular weight excluding hydrogens is 408 g/mol. The second kappa shape index (κ2) is 8.38. The van der Waals surface area contributed by atoms with Crippen LogP contribution < -0.4 is 16.0 Å². The minimum absolute atomic E-state index is 0.273. The maximum absolute atomic E-state index is 10.6. The number of aromatic nitrogens is 1. The molecule has 8 heteroatoms. The Morgan fingerprint density at radius 2 is 2.00 bits per heavy atom. The molecule has 0 spiro atoms. The van der Waals surface area contributed by atoms with E-state index < -0.39 is 10.6 Å². The van der Waals surface area contributed by atoms with Gasteiger partial charge >= 0.3 is 0 Å². The molecule has 0 amide bonds. The van der Waals surface area contributed by atoms with E-state index in [-0.39, 0.29) is 5.75 Å². The van der Waals surface area contributed by atoms with Gasteiger partial charge < -0.3 is 16.0 Å². The van der Waals surface area contributed by atoms with Crippen molar-refractivity contribution in [2.45, 2.75) is 17.9 Å². The highest BCUT2D eigenvalue weighted by atomic mass is 35.5. The summed E-state index contributed by atoms with van der Waals surface area (Å²) >= 11 is 6.21. The summed E-state index contributed by atoms with van der Waals surface area (Å²) in [6.45, 7) is 2.45. The number of fused-ring (bicyclic) bond motifs is 2. The van der Waals surface area contributed by atoms with Crippen LogP contribution in [-0.2, 0) is 6.54 Å². The van der Waals surface area contributed by atoms with E-state index in [0.717, 1.165) is 40.9 Å². The van der Waals surface area contributed by atoms with Crippen LogP contribution in [0.15, 0.2) is 53.4 Å². The second-order valence-corrected chi connectivity index (χ2v) is 9.78. The largest absolute Gasteiger partial charge is 0.384 e. The monoisotopic (exact) mass is 432 g/mol. The first-order chi connectivity index (χ1) is 14.0. The summed E-state index contributed by atoms with van der Waals surface area (Å²) in [5.41, 5.74) is 8.32. The molecule has 5 N–H and O–H groups in total. The zero-order chi connectivity index (χ0) is 20.4. The van der Waals surface area contributed by atoms with E-state index in [1.54, 1.807) is 0 Å². The minimum Gasteiger partial charge on any atom is -0.384 e. The van der Waals surface area contributed by atoms with E-state index in [0.29, 0.717) is 29.6 Å². The summed E-state index contributed by atoms with van der Waals surface area (Å²) < 4.78 is 21.3. The van der Waals surface area contributed by atoms with E-state index in [1.165, 1.54) is 0 Å². The fourth-order valence-corrected chi connectivity index (χ4v) is 5.31. The second-order valence-electron chi connectivity index (χ2n) is 7.16. The number of hydrogen-bond donors (Lipinski definition) is 4. The molecular formula is C21H25ClN4O2S. The van der Waals surface area contributed by atoms with Crippen LogP contribution >= 0.6 is 22.2 Å². The number of hydrogen-bond acceptors (Lipinski definition) is 6. The van der Waals surface area contributed by atoms with Gasteiger partial charge in [-0.2, -0.15) is 10.6 Å². The van der Waals surface area contributed by atoms with Gasteiger partial charge in [0.2, 0.25) is 0 Å². The molecule has 0 unspecified atom stereocenters. The summed E-state index contributed by atoms with van der Waals surface area (Å²) in [4.78, 5) is 7.56.